The number of nitrogens with zero attached hydrogens (tertiary/aromatic N) is 4. The fourth-order valence-corrected chi connectivity index (χ4v) is 3.41. The largest absolute Gasteiger partial charge is 0.493 e. The summed E-state index contributed by atoms with van der Waals surface area (Å²) in [6.07, 6.45) is 0. The van der Waals surface area contributed by atoms with Gasteiger partial charge in [0.15, 0.2) is 11.4 Å². The second-order valence-corrected chi connectivity index (χ2v) is 7.28. The summed E-state index contributed by atoms with van der Waals surface area (Å²) < 4.78 is 27.0. The van der Waals surface area contributed by atoms with Gasteiger partial charge >= 0.3 is 0 Å². The molecule has 1 amide bonds. The Hall–Kier alpha value is -4.93. The second-order valence-electron chi connectivity index (χ2n) is 7.28. The van der Waals surface area contributed by atoms with E-state index in [1.165, 1.54) is 60.7 Å². The van der Waals surface area contributed by atoms with Gasteiger partial charge in [0.05, 0.1) is 16.7 Å². The molecule has 5 aromatic rings. The van der Waals surface area contributed by atoms with Crippen molar-refractivity contribution in [3.05, 3.63) is 77.9 Å². The Kier molecular flexibility index (Phi) is 5.05. The topological polar surface area (TPSA) is 139 Å². The van der Waals surface area contributed by atoms with Crippen molar-refractivity contribution in [2.24, 2.45) is 20.5 Å². The van der Waals surface area contributed by atoms with E-state index in [0.717, 1.165) is 0 Å². The number of nitrogens with one attached hydrogen (secondary N) is 2. The van der Waals surface area contributed by atoms with Crippen molar-refractivity contribution in [1.82, 2.24) is 9.97 Å². The molecule has 0 fully saturated rings. The smallest absolute Gasteiger partial charge is 0.295 e. The van der Waals surface area contributed by atoms with Crippen LogP contribution in [-0.4, -0.2) is 26.1 Å². The predicted octanol–water partition coefficient (Wildman–Crippen LogP) is 6.68. The molecule has 0 aliphatic carbocycles. The number of aromatic nitrogens is 2. The van der Waals surface area contributed by atoms with Gasteiger partial charge in [0.25, 0.3) is 5.91 Å². The summed E-state index contributed by atoms with van der Waals surface area (Å²) >= 11 is 0. The predicted molar refractivity (Wildman–Crippen MR) is 119 cm³/mol. The Bertz CT molecular complexity index is 1620. The molecule has 0 aliphatic rings. The van der Waals surface area contributed by atoms with Gasteiger partial charge in [-0.05, 0) is 60.7 Å². The van der Waals surface area contributed by atoms with Gasteiger partial charge in [0.1, 0.15) is 11.6 Å². The molecule has 2 aromatic heterocycles. The SMILES string of the molecule is O=C(N=Nc1c(O)[nH]c2ccc(F)cc12)c1ccc(N=Nc2c(O)[nH]c3ccc(F)cc23)cc1. The molecule has 0 radical (unpaired) electrons. The van der Waals surface area contributed by atoms with Crippen molar-refractivity contribution in [3.8, 4) is 11.8 Å². The number of hydrogen-bond donors (Lipinski definition) is 4. The maximum absolute atomic E-state index is 13.5. The number of aromatic amines is 2. The van der Waals surface area contributed by atoms with E-state index >= 15 is 0 Å². The molecule has 5 rings (SSSR count). The third kappa shape index (κ3) is 3.86. The molecular weight excluding hydrogens is 446 g/mol. The summed E-state index contributed by atoms with van der Waals surface area (Å²) in [7, 11) is 0. The number of carbonyl (C=O) groups excluding carboxylic acids is 1. The van der Waals surface area contributed by atoms with Gasteiger partial charge in [-0.3, -0.25) is 4.79 Å². The van der Waals surface area contributed by atoms with Gasteiger partial charge in [-0.25, -0.2) is 8.78 Å². The fraction of sp³-hybridized carbons (Fsp3) is 0. The first-order valence-corrected chi connectivity index (χ1v) is 9.87. The quantitative estimate of drug-likeness (QED) is 0.223. The van der Waals surface area contributed by atoms with Gasteiger partial charge in [0.2, 0.25) is 11.8 Å². The lowest BCUT2D eigenvalue weighted by Crippen LogP contribution is -1.92. The highest BCUT2D eigenvalue weighted by atomic mass is 19.1. The van der Waals surface area contributed by atoms with Crippen LogP contribution >= 0.6 is 0 Å². The first-order valence-electron chi connectivity index (χ1n) is 9.87. The maximum Gasteiger partial charge on any atom is 0.295 e. The molecule has 34 heavy (non-hydrogen) atoms. The van der Waals surface area contributed by atoms with Gasteiger partial charge in [-0.15, -0.1) is 15.3 Å². The summed E-state index contributed by atoms with van der Waals surface area (Å²) in [6, 6.07) is 13.7. The van der Waals surface area contributed by atoms with Gasteiger partial charge in [-0.2, -0.15) is 5.11 Å². The first kappa shape index (κ1) is 20.9. The van der Waals surface area contributed by atoms with Crippen LogP contribution in [-0.2, 0) is 0 Å². The van der Waals surface area contributed by atoms with Crippen LogP contribution in [0.1, 0.15) is 10.4 Å². The molecule has 0 bridgehead atoms. The molecule has 0 unspecified atom stereocenters. The Balaban J connectivity index is 1.35. The highest BCUT2D eigenvalue weighted by molar-refractivity contribution is 5.97. The van der Waals surface area contributed by atoms with Crippen LogP contribution in [0.3, 0.4) is 0 Å². The molecule has 0 aliphatic heterocycles. The molecule has 0 atom stereocenters. The average Bonchev–Trinajstić information content (AvgIpc) is 3.30. The van der Waals surface area contributed by atoms with Crippen LogP contribution < -0.4 is 0 Å². The number of azo groups is 2. The molecule has 2 heterocycles. The zero-order valence-electron chi connectivity index (χ0n) is 17.1. The Labute approximate surface area is 189 Å². The van der Waals surface area contributed by atoms with E-state index in [1.54, 1.807) is 0 Å². The van der Waals surface area contributed by atoms with Crippen molar-refractivity contribution < 1.29 is 23.8 Å². The standard InChI is InChI=1S/C23H14F2N6O3/c24-12-3-7-17-15(9-12)19(22(33)26-17)29-28-14-5-1-11(2-6-14)21(32)31-30-20-16-10-13(25)4-8-18(16)27-23(20)34/h1-10,26-27,33-34H. The molecule has 0 spiro atoms. The van der Waals surface area contributed by atoms with Crippen molar-refractivity contribution in [2.45, 2.75) is 0 Å². The number of fused-ring (bicyclic) bond motifs is 2. The van der Waals surface area contributed by atoms with Gasteiger partial charge in [-0.1, -0.05) is 0 Å². The normalized spacial score (nSPS) is 11.9. The van der Waals surface area contributed by atoms with Crippen LogP contribution in [0.2, 0.25) is 0 Å². The van der Waals surface area contributed by atoms with Gasteiger partial charge in [0, 0.05) is 16.3 Å². The Morgan fingerprint density at radius 3 is 1.79 bits per heavy atom. The zero-order valence-corrected chi connectivity index (χ0v) is 17.1. The molecule has 4 N–H and O–H groups in total. The number of carbonyl (C=O) groups is 1. The van der Waals surface area contributed by atoms with Gasteiger partial charge < -0.3 is 20.2 Å². The minimum absolute atomic E-state index is 0.0526. The number of hydrogen-bond acceptors (Lipinski definition) is 6. The minimum atomic E-state index is -0.696. The fourth-order valence-electron chi connectivity index (χ4n) is 3.41. The Morgan fingerprint density at radius 2 is 1.24 bits per heavy atom. The number of amides is 1. The number of rotatable bonds is 4. The lowest BCUT2D eigenvalue weighted by molar-refractivity contribution is 0.0995. The summed E-state index contributed by atoms with van der Waals surface area (Å²) in [6.45, 7) is 0. The van der Waals surface area contributed by atoms with E-state index in [0.29, 0.717) is 22.1 Å². The second kappa shape index (κ2) is 8.20. The van der Waals surface area contributed by atoms with E-state index in [9.17, 15) is 23.8 Å². The third-order valence-corrected chi connectivity index (χ3v) is 5.05. The van der Waals surface area contributed by atoms with E-state index in [1.807, 2.05) is 0 Å². The average molecular weight is 460 g/mol. The van der Waals surface area contributed by atoms with E-state index in [2.05, 4.69) is 30.4 Å². The molecule has 168 valence electrons. The Morgan fingerprint density at radius 1 is 0.706 bits per heavy atom. The van der Waals surface area contributed by atoms with Crippen molar-refractivity contribution in [3.63, 3.8) is 0 Å². The summed E-state index contributed by atoms with van der Waals surface area (Å²) in [5.74, 6) is -2.29. The number of halogens is 2. The van der Waals surface area contributed by atoms with Crippen LogP contribution in [0.25, 0.3) is 21.8 Å². The maximum atomic E-state index is 13.5. The first-order chi connectivity index (χ1) is 16.4. The zero-order chi connectivity index (χ0) is 23.8. The van der Waals surface area contributed by atoms with Crippen LogP contribution in [0.4, 0.5) is 25.8 Å². The van der Waals surface area contributed by atoms with E-state index < -0.39 is 17.5 Å². The monoisotopic (exact) mass is 460 g/mol. The van der Waals surface area contributed by atoms with E-state index in [4.69, 9.17) is 0 Å². The molecule has 11 heteroatoms. The number of benzene rings is 3. The molecule has 0 saturated heterocycles. The van der Waals surface area contributed by atoms with Crippen molar-refractivity contribution in [2.75, 3.05) is 0 Å². The van der Waals surface area contributed by atoms with E-state index in [-0.39, 0.29) is 34.1 Å². The highest BCUT2D eigenvalue weighted by Gasteiger charge is 2.13. The molecule has 9 nitrogen and oxygen atoms in total. The van der Waals surface area contributed by atoms with Crippen molar-refractivity contribution >= 4 is 44.8 Å². The minimum Gasteiger partial charge on any atom is -0.493 e. The van der Waals surface area contributed by atoms with Crippen LogP contribution in [0.15, 0.2) is 81.1 Å². The summed E-state index contributed by atoms with van der Waals surface area (Å²) in [5.41, 5.74) is 1.53. The molecule has 0 saturated carbocycles. The number of H-pyrrole nitrogens is 2. The summed E-state index contributed by atoms with van der Waals surface area (Å²) in [4.78, 5) is 17.7. The number of aromatic hydroxyl groups is 2. The van der Waals surface area contributed by atoms with Crippen LogP contribution in [0, 0.1) is 11.6 Å². The van der Waals surface area contributed by atoms with Crippen molar-refractivity contribution in [1.29, 1.82) is 0 Å². The summed E-state index contributed by atoms with van der Waals surface area (Å²) in [5, 5.41) is 36.0. The molecule has 3 aromatic carbocycles. The molecular formula is C23H14F2N6O3. The lowest BCUT2D eigenvalue weighted by Gasteiger charge is -1.97. The lowest BCUT2D eigenvalue weighted by atomic mass is 10.2. The van der Waals surface area contributed by atoms with Crippen LogP contribution in [0.5, 0.6) is 11.8 Å². The highest BCUT2D eigenvalue weighted by Crippen LogP contribution is 2.37. The third-order valence-electron chi connectivity index (χ3n) is 5.05.